The van der Waals surface area contributed by atoms with E-state index in [0.717, 1.165) is 22.8 Å². The first kappa shape index (κ1) is 20.0. The van der Waals surface area contributed by atoms with Crippen LogP contribution in [0.25, 0.3) is 0 Å². The van der Waals surface area contributed by atoms with Crippen molar-refractivity contribution in [2.75, 3.05) is 6.54 Å². The van der Waals surface area contributed by atoms with Crippen LogP contribution in [0.3, 0.4) is 0 Å². The van der Waals surface area contributed by atoms with Crippen molar-refractivity contribution in [3.8, 4) is 0 Å². The van der Waals surface area contributed by atoms with Crippen molar-refractivity contribution >= 4 is 23.0 Å². The number of benzene rings is 1. The van der Waals surface area contributed by atoms with E-state index in [0.29, 0.717) is 13.0 Å². The van der Waals surface area contributed by atoms with Gasteiger partial charge in [0.2, 0.25) is 0 Å². The molecular formula is C22H25N2O3S+. The normalized spacial score (nSPS) is 13.0. The summed E-state index contributed by atoms with van der Waals surface area (Å²) in [5, 5.41) is 4.95. The standard InChI is InChI=1S/C22H24N2O3S/c1-17(25)21(13-18-7-3-2-4-8-18)23-22(26)16-24(14-19-9-5-11-27-19)15-20-10-6-12-28-20/h2-12,21H,13-16H2,1H3,(H,23,26)/p+1/t21-/m1/s1. The molecule has 0 saturated heterocycles. The topological polar surface area (TPSA) is 63.8 Å². The third kappa shape index (κ3) is 6.18. The summed E-state index contributed by atoms with van der Waals surface area (Å²) < 4.78 is 5.46. The molecule has 1 amide bonds. The molecule has 2 atom stereocenters. The van der Waals surface area contributed by atoms with Gasteiger partial charge in [0, 0.05) is 0 Å². The monoisotopic (exact) mass is 397 g/mol. The first-order valence-electron chi connectivity index (χ1n) is 9.32. The van der Waals surface area contributed by atoms with E-state index in [4.69, 9.17) is 4.42 Å². The Morgan fingerprint density at radius 1 is 1.07 bits per heavy atom. The van der Waals surface area contributed by atoms with Crippen LogP contribution in [-0.2, 0) is 29.1 Å². The highest BCUT2D eigenvalue weighted by Gasteiger charge is 2.22. The number of hydrogen-bond donors (Lipinski definition) is 2. The molecule has 2 N–H and O–H groups in total. The van der Waals surface area contributed by atoms with Crippen LogP contribution in [0.2, 0.25) is 0 Å². The summed E-state index contributed by atoms with van der Waals surface area (Å²) in [7, 11) is 0. The van der Waals surface area contributed by atoms with Gasteiger partial charge in [0.05, 0.1) is 17.2 Å². The number of quaternary nitrogens is 1. The molecule has 3 aromatic rings. The lowest BCUT2D eigenvalue weighted by atomic mass is 10.0. The van der Waals surface area contributed by atoms with E-state index in [1.807, 2.05) is 53.9 Å². The van der Waals surface area contributed by atoms with Crippen molar-refractivity contribution < 1.29 is 18.9 Å². The van der Waals surface area contributed by atoms with Crippen molar-refractivity contribution in [1.82, 2.24) is 5.32 Å². The van der Waals surface area contributed by atoms with E-state index in [1.165, 1.54) is 11.8 Å². The minimum Gasteiger partial charge on any atom is -0.463 e. The summed E-state index contributed by atoms with van der Waals surface area (Å²) >= 11 is 1.67. The molecule has 0 spiro atoms. The fourth-order valence-corrected chi connectivity index (χ4v) is 3.90. The van der Waals surface area contributed by atoms with Crippen LogP contribution in [0.5, 0.6) is 0 Å². The lowest BCUT2D eigenvalue weighted by molar-refractivity contribution is -0.920. The molecule has 28 heavy (non-hydrogen) atoms. The van der Waals surface area contributed by atoms with Crippen LogP contribution in [0, 0.1) is 0 Å². The van der Waals surface area contributed by atoms with Crippen molar-refractivity contribution in [3.63, 3.8) is 0 Å². The molecule has 0 aliphatic rings. The largest absolute Gasteiger partial charge is 0.463 e. The fraction of sp³-hybridized carbons (Fsp3) is 0.273. The van der Waals surface area contributed by atoms with Gasteiger partial charge < -0.3 is 14.6 Å². The number of amides is 1. The summed E-state index contributed by atoms with van der Waals surface area (Å²) in [6.07, 6.45) is 2.14. The third-order valence-corrected chi connectivity index (χ3v) is 5.40. The maximum absolute atomic E-state index is 12.7. The van der Waals surface area contributed by atoms with Crippen LogP contribution in [-0.4, -0.2) is 24.3 Å². The Hall–Kier alpha value is -2.70. The number of nitrogens with one attached hydrogen (secondary N) is 2. The molecule has 2 heterocycles. The molecule has 0 aliphatic carbocycles. The number of carbonyl (C=O) groups excluding carboxylic acids is 2. The van der Waals surface area contributed by atoms with Crippen LogP contribution < -0.4 is 10.2 Å². The maximum atomic E-state index is 12.7. The molecule has 0 fully saturated rings. The van der Waals surface area contributed by atoms with Gasteiger partial charge in [-0.3, -0.25) is 9.59 Å². The predicted molar refractivity (Wildman–Crippen MR) is 109 cm³/mol. The molecule has 0 bridgehead atoms. The SMILES string of the molecule is CC(=O)[C@@H](Cc1ccccc1)NC(=O)C[NH+](Cc1ccco1)Cc1cccs1. The van der Waals surface area contributed by atoms with Crippen LogP contribution in [0.15, 0.2) is 70.7 Å². The Bertz CT molecular complexity index is 824. The summed E-state index contributed by atoms with van der Waals surface area (Å²) in [5.74, 6) is 0.670. The highest BCUT2D eigenvalue weighted by molar-refractivity contribution is 7.09. The van der Waals surface area contributed by atoms with Crippen LogP contribution in [0.1, 0.15) is 23.1 Å². The molecule has 5 nitrogen and oxygen atoms in total. The second kappa shape index (κ2) is 10.0. The van der Waals surface area contributed by atoms with Crippen LogP contribution >= 0.6 is 11.3 Å². The average Bonchev–Trinajstić information content (AvgIpc) is 3.36. The van der Waals surface area contributed by atoms with E-state index in [1.54, 1.807) is 17.6 Å². The predicted octanol–water partition coefficient (Wildman–Crippen LogP) is 2.24. The van der Waals surface area contributed by atoms with Crippen molar-refractivity contribution in [3.05, 3.63) is 82.4 Å². The lowest BCUT2D eigenvalue weighted by Crippen LogP contribution is -3.10. The Labute approximate surface area is 169 Å². The van der Waals surface area contributed by atoms with Gasteiger partial charge in [-0.25, -0.2) is 0 Å². The second-order valence-electron chi connectivity index (χ2n) is 6.86. The molecule has 0 saturated carbocycles. The summed E-state index contributed by atoms with van der Waals surface area (Å²) in [5.41, 5.74) is 1.03. The van der Waals surface area contributed by atoms with Gasteiger partial charge in [-0.15, -0.1) is 11.3 Å². The Morgan fingerprint density at radius 3 is 2.54 bits per heavy atom. The number of Topliss-reactive ketones (excluding diaryl/α,β-unsaturated/α-hetero) is 1. The molecule has 2 aromatic heterocycles. The molecular weight excluding hydrogens is 372 g/mol. The van der Waals surface area contributed by atoms with E-state index in [2.05, 4.69) is 11.4 Å². The highest BCUT2D eigenvalue weighted by atomic mass is 32.1. The highest BCUT2D eigenvalue weighted by Crippen LogP contribution is 2.07. The van der Waals surface area contributed by atoms with Gasteiger partial charge in [-0.1, -0.05) is 36.4 Å². The number of hydrogen-bond acceptors (Lipinski definition) is 4. The lowest BCUT2D eigenvalue weighted by Gasteiger charge is -2.20. The zero-order valence-electron chi connectivity index (χ0n) is 15.9. The zero-order valence-corrected chi connectivity index (χ0v) is 16.7. The minimum absolute atomic E-state index is 0.0388. The van der Waals surface area contributed by atoms with Gasteiger partial charge >= 0.3 is 0 Å². The van der Waals surface area contributed by atoms with Crippen molar-refractivity contribution in [1.29, 1.82) is 0 Å². The fourth-order valence-electron chi connectivity index (χ4n) is 3.13. The van der Waals surface area contributed by atoms with Gasteiger partial charge in [0.1, 0.15) is 13.1 Å². The number of rotatable bonds is 10. The molecule has 146 valence electrons. The summed E-state index contributed by atoms with van der Waals surface area (Å²) in [6.45, 7) is 3.14. The zero-order chi connectivity index (χ0) is 19.8. The number of ketones is 1. The summed E-state index contributed by atoms with van der Waals surface area (Å²) in [4.78, 5) is 27.0. The van der Waals surface area contributed by atoms with Gasteiger partial charge in [-0.2, -0.15) is 0 Å². The van der Waals surface area contributed by atoms with E-state index >= 15 is 0 Å². The molecule has 1 aromatic carbocycles. The van der Waals surface area contributed by atoms with Crippen LogP contribution in [0.4, 0.5) is 0 Å². The molecule has 0 radical (unpaired) electrons. The third-order valence-electron chi connectivity index (χ3n) is 4.53. The van der Waals surface area contributed by atoms with Crippen molar-refractivity contribution in [2.45, 2.75) is 32.5 Å². The first-order chi connectivity index (χ1) is 13.6. The van der Waals surface area contributed by atoms with E-state index in [9.17, 15) is 9.59 Å². The molecule has 1 unspecified atom stereocenters. The average molecular weight is 398 g/mol. The molecule has 3 rings (SSSR count). The number of thiophene rings is 1. The minimum atomic E-state index is -0.512. The van der Waals surface area contributed by atoms with E-state index in [-0.39, 0.29) is 18.2 Å². The molecule has 0 aliphatic heterocycles. The van der Waals surface area contributed by atoms with E-state index < -0.39 is 6.04 Å². The Kier molecular flexibility index (Phi) is 7.17. The quantitative estimate of drug-likeness (QED) is 0.552. The second-order valence-corrected chi connectivity index (χ2v) is 7.89. The Morgan fingerprint density at radius 2 is 1.89 bits per heavy atom. The Balaban J connectivity index is 1.63. The molecule has 6 heteroatoms. The van der Waals surface area contributed by atoms with Gasteiger partial charge in [-0.05, 0) is 42.5 Å². The van der Waals surface area contributed by atoms with Gasteiger partial charge in [0.15, 0.2) is 18.1 Å². The number of carbonyl (C=O) groups is 2. The van der Waals surface area contributed by atoms with Gasteiger partial charge in [0.25, 0.3) is 5.91 Å². The van der Waals surface area contributed by atoms with Crippen molar-refractivity contribution in [2.24, 2.45) is 0 Å². The number of furan rings is 1. The maximum Gasteiger partial charge on any atom is 0.275 e. The first-order valence-corrected chi connectivity index (χ1v) is 10.2. The smallest absolute Gasteiger partial charge is 0.275 e. The summed E-state index contributed by atoms with van der Waals surface area (Å²) in [6, 6.07) is 17.1.